The van der Waals surface area contributed by atoms with Gasteiger partial charge in [0.15, 0.2) is 29.6 Å². The minimum Gasteiger partial charge on any atom is -0.492 e. The molecule has 1 fully saturated rings. The predicted octanol–water partition coefficient (Wildman–Crippen LogP) is 0.551. The van der Waals surface area contributed by atoms with E-state index in [4.69, 9.17) is 58.5 Å². The van der Waals surface area contributed by atoms with Crippen molar-refractivity contribution in [1.29, 1.82) is 0 Å². The maximum atomic E-state index is 11.9. The molecule has 46 heavy (non-hydrogen) atoms. The Morgan fingerprint density at radius 3 is 2.57 bits per heavy atom. The van der Waals surface area contributed by atoms with Crippen LogP contribution in [0.15, 0.2) is 30.3 Å². The first kappa shape index (κ1) is 32.1. The summed E-state index contributed by atoms with van der Waals surface area (Å²) >= 11 is 0. The Labute approximate surface area is 262 Å². The number of rotatable bonds is 14. The second-order valence-corrected chi connectivity index (χ2v) is 10.9. The van der Waals surface area contributed by atoms with Gasteiger partial charge in [-0.25, -0.2) is 0 Å². The molecule has 1 saturated heterocycles. The Hall–Kier alpha value is -3.90. The van der Waals surface area contributed by atoms with Crippen LogP contribution in [0.25, 0.3) is 0 Å². The van der Waals surface area contributed by atoms with Crippen LogP contribution in [0, 0.1) is 0 Å². The zero-order valence-electron chi connectivity index (χ0n) is 24.6. The lowest BCUT2D eigenvalue weighted by molar-refractivity contribution is -0.375. The normalized spacial score (nSPS) is 27.1. The second kappa shape index (κ2) is 14.3. The number of carboxylic acids is 1. The molecule has 4 heterocycles. The topological polar surface area (TPSA) is 213 Å². The van der Waals surface area contributed by atoms with E-state index in [1.165, 1.54) is 0 Å². The third-order valence-electron chi connectivity index (χ3n) is 7.82. The molecule has 0 spiro atoms. The van der Waals surface area contributed by atoms with Crippen molar-refractivity contribution in [3.63, 3.8) is 0 Å². The highest BCUT2D eigenvalue weighted by atomic mass is 17.2. The summed E-state index contributed by atoms with van der Waals surface area (Å²) in [6.07, 6.45) is -7.15. The van der Waals surface area contributed by atoms with Crippen molar-refractivity contribution >= 4 is 11.9 Å². The number of hydrogen-bond acceptors (Lipinski definition) is 15. The predicted molar refractivity (Wildman–Crippen MR) is 150 cm³/mol. The van der Waals surface area contributed by atoms with Gasteiger partial charge in [-0.15, -0.1) is 0 Å². The Morgan fingerprint density at radius 1 is 0.957 bits per heavy atom. The number of carboxylic acid groups (broad SMARTS) is 1. The Kier molecular flexibility index (Phi) is 9.93. The molecule has 0 aromatic heterocycles. The van der Waals surface area contributed by atoms with Crippen molar-refractivity contribution in [2.45, 2.75) is 55.6 Å². The Balaban J connectivity index is 1.17. The van der Waals surface area contributed by atoms with Gasteiger partial charge in [0, 0.05) is 37.0 Å². The number of esters is 1. The Morgan fingerprint density at radius 2 is 1.78 bits per heavy atom. The van der Waals surface area contributed by atoms with Crippen molar-refractivity contribution < 1.29 is 72.6 Å². The quantitative estimate of drug-likeness (QED) is 0.0723. The first-order valence-electron chi connectivity index (χ1n) is 14.8. The van der Waals surface area contributed by atoms with Crippen LogP contribution in [0.4, 0.5) is 0 Å². The van der Waals surface area contributed by atoms with Crippen LogP contribution in [0.2, 0.25) is 0 Å². The highest BCUT2D eigenvalue weighted by molar-refractivity contribution is 5.90. The van der Waals surface area contributed by atoms with Crippen molar-refractivity contribution in [2.75, 3.05) is 46.4 Å². The van der Waals surface area contributed by atoms with E-state index in [0.29, 0.717) is 29.6 Å². The van der Waals surface area contributed by atoms with E-state index in [2.05, 4.69) is 0 Å². The number of carbonyl (C=O) groups is 2. The van der Waals surface area contributed by atoms with Crippen LogP contribution in [0.5, 0.6) is 28.7 Å². The summed E-state index contributed by atoms with van der Waals surface area (Å²) in [5, 5.41) is 29.4. The highest BCUT2D eigenvalue weighted by Crippen LogP contribution is 2.54. The fraction of sp³-hybridized carbons (Fsp3) is 0.533. The third kappa shape index (κ3) is 6.78. The fourth-order valence-electron chi connectivity index (χ4n) is 5.68. The van der Waals surface area contributed by atoms with E-state index >= 15 is 0 Å². The SMILES string of the molecule is NCCO[C@@H]1O[C@H](COC(=O)CC(=O)O)[C@@H](OCCCO)[C@H](O)[C@H]1OOc1ccc2c(c1)[C@H]1Oc3cc4c(cc3[C@H]1CO2)OCO4. The zero-order valence-corrected chi connectivity index (χ0v) is 24.6. The molecule has 6 rings (SSSR count). The summed E-state index contributed by atoms with van der Waals surface area (Å²) in [6.45, 7) is 0.111. The van der Waals surface area contributed by atoms with Gasteiger partial charge in [-0.3, -0.25) is 9.59 Å². The fourth-order valence-corrected chi connectivity index (χ4v) is 5.68. The summed E-state index contributed by atoms with van der Waals surface area (Å²) in [7, 11) is 0. The number of ether oxygens (including phenoxy) is 8. The summed E-state index contributed by atoms with van der Waals surface area (Å²) in [4.78, 5) is 34.1. The number of aliphatic carboxylic acids is 1. The number of nitrogens with two attached hydrogens (primary N) is 1. The summed E-state index contributed by atoms with van der Waals surface area (Å²) in [5.74, 6) is 0.361. The highest BCUT2D eigenvalue weighted by Gasteiger charge is 2.49. The molecule has 2 aromatic rings. The molecule has 4 aliphatic rings. The van der Waals surface area contributed by atoms with Gasteiger partial charge in [-0.05, 0) is 30.7 Å². The third-order valence-corrected chi connectivity index (χ3v) is 7.82. The van der Waals surface area contributed by atoms with Crippen LogP contribution in [0.3, 0.4) is 0 Å². The summed E-state index contributed by atoms with van der Waals surface area (Å²) in [6, 6.07) is 8.78. The first-order valence-corrected chi connectivity index (χ1v) is 14.8. The Bertz CT molecular complexity index is 1400. The van der Waals surface area contributed by atoms with Gasteiger partial charge in [0.1, 0.15) is 48.9 Å². The maximum absolute atomic E-state index is 11.9. The van der Waals surface area contributed by atoms with E-state index in [9.17, 15) is 19.8 Å². The second-order valence-electron chi connectivity index (χ2n) is 10.9. The van der Waals surface area contributed by atoms with Crippen LogP contribution >= 0.6 is 0 Å². The van der Waals surface area contributed by atoms with E-state index in [1.54, 1.807) is 18.2 Å². The number of benzene rings is 2. The van der Waals surface area contributed by atoms with Gasteiger partial charge >= 0.3 is 11.9 Å². The van der Waals surface area contributed by atoms with Crippen molar-refractivity contribution in [2.24, 2.45) is 5.73 Å². The van der Waals surface area contributed by atoms with Crippen LogP contribution < -0.4 is 29.6 Å². The number of hydrogen-bond donors (Lipinski definition) is 4. The molecule has 7 atom stereocenters. The lowest BCUT2D eigenvalue weighted by Gasteiger charge is -2.42. The smallest absolute Gasteiger partial charge is 0.317 e. The van der Waals surface area contributed by atoms with E-state index in [0.717, 1.165) is 11.1 Å². The van der Waals surface area contributed by atoms with E-state index < -0.39 is 55.7 Å². The van der Waals surface area contributed by atoms with Gasteiger partial charge in [0.05, 0.1) is 19.1 Å². The molecular formula is C30H35NO15. The molecule has 0 amide bonds. The van der Waals surface area contributed by atoms with Gasteiger partial charge < -0.3 is 63.8 Å². The van der Waals surface area contributed by atoms with Crippen LogP contribution in [0.1, 0.15) is 36.0 Å². The van der Waals surface area contributed by atoms with Crippen molar-refractivity contribution in [3.8, 4) is 28.7 Å². The molecule has 16 nitrogen and oxygen atoms in total. The van der Waals surface area contributed by atoms with Crippen molar-refractivity contribution in [1.82, 2.24) is 0 Å². The standard InChI is InChI=1S/C30H35NO15/c31-4-7-38-30-29(26(36)28(37-6-1-5-32)23(44-30)13-40-25(35)11-24(33)34)46-45-15-2-3-19-17(8-15)27-18(12-39-19)16-9-21-22(42-14-41-21)10-20(16)43-27/h2-3,8-10,18,23,26-30,32,36H,1,4-7,11-14,31H2,(H,33,34)/t18-,23-,26+,27-,28-,29-,30-/m1/s1. The maximum Gasteiger partial charge on any atom is 0.317 e. The molecule has 2 aromatic carbocycles. The van der Waals surface area contributed by atoms with Crippen molar-refractivity contribution in [3.05, 3.63) is 41.5 Å². The van der Waals surface area contributed by atoms with E-state index in [1.807, 2.05) is 12.1 Å². The number of fused-ring (bicyclic) bond motifs is 6. The van der Waals surface area contributed by atoms with Gasteiger partial charge in [0.25, 0.3) is 0 Å². The molecule has 0 unspecified atom stereocenters. The average molecular weight is 650 g/mol. The minimum atomic E-state index is -1.44. The summed E-state index contributed by atoms with van der Waals surface area (Å²) < 4.78 is 45.9. The molecule has 250 valence electrons. The first-order chi connectivity index (χ1) is 22.4. The number of aliphatic hydroxyl groups is 2. The molecule has 4 aliphatic heterocycles. The lowest BCUT2D eigenvalue weighted by atomic mass is 9.89. The molecule has 0 radical (unpaired) electrons. The number of carbonyl (C=O) groups excluding carboxylic acids is 1. The average Bonchev–Trinajstić information content (AvgIpc) is 3.65. The van der Waals surface area contributed by atoms with E-state index in [-0.39, 0.29) is 57.4 Å². The van der Waals surface area contributed by atoms with Crippen LogP contribution in [-0.2, 0) is 33.4 Å². The van der Waals surface area contributed by atoms with Gasteiger partial charge in [-0.1, -0.05) is 0 Å². The largest absolute Gasteiger partial charge is 0.492 e. The number of aliphatic hydroxyl groups excluding tert-OH is 2. The molecule has 16 heteroatoms. The van der Waals surface area contributed by atoms with Crippen LogP contribution in [-0.4, -0.2) is 104 Å². The molecule has 0 aliphatic carbocycles. The van der Waals surface area contributed by atoms with Gasteiger partial charge in [-0.2, -0.15) is 4.89 Å². The summed E-state index contributed by atoms with van der Waals surface area (Å²) in [5.41, 5.74) is 7.29. The molecule has 5 N–H and O–H groups in total. The molecule has 0 bridgehead atoms. The van der Waals surface area contributed by atoms with Gasteiger partial charge in [0.2, 0.25) is 6.79 Å². The zero-order chi connectivity index (χ0) is 32.2. The molecule has 0 saturated carbocycles. The lowest BCUT2D eigenvalue weighted by Crippen LogP contribution is -2.61. The molecular weight excluding hydrogens is 614 g/mol. The monoisotopic (exact) mass is 649 g/mol. The minimum absolute atomic E-state index is 0.0233.